The highest BCUT2D eigenvalue weighted by Crippen LogP contribution is 2.33. The standard InChI is InChI=1S/C18H23ClN2O2/c1-13(2)14-3-4-17(16-12-20-18(19)11-15(14)16)23-10-7-21-5-8-22-9-6-21/h3-4,11-13H,5-10H2,1-2H3. The largest absolute Gasteiger partial charge is 0.492 e. The Morgan fingerprint density at radius 2 is 2.04 bits per heavy atom. The molecular weight excluding hydrogens is 312 g/mol. The van der Waals surface area contributed by atoms with Crippen LogP contribution in [0, 0.1) is 0 Å². The van der Waals surface area contributed by atoms with Crippen LogP contribution in [0.25, 0.3) is 10.8 Å². The highest BCUT2D eigenvalue weighted by atomic mass is 35.5. The summed E-state index contributed by atoms with van der Waals surface area (Å²) >= 11 is 6.08. The lowest BCUT2D eigenvalue weighted by Crippen LogP contribution is -2.38. The number of aromatic nitrogens is 1. The number of hydrogen-bond acceptors (Lipinski definition) is 4. The summed E-state index contributed by atoms with van der Waals surface area (Å²) in [5.41, 5.74) is 1.27. The average molecular weight is 335 g/mol. The van der Waals surface area contributed by atoms with E-state index >= 15 is 0 Å². The smallest absolute Gasteiger partial charge is 0.129 e. The van der Waals surface area contributed by atoms with Crippen LogP contribution in [-0.4, -0.2) is 49.3 Å². The van der Waals surface area contributed by atoms with Crippen LogP contribution in [0.4, 0.5) is 0 Å². The molecule has 1 aliphatic rings. The Morgan fingerprint density at radius 3 is 2.78 bits per heavy atom. The fraction of sp³-hybridized carbons (Fsp3) is 0.500. The first-order valence-corrected chi connectivity index (χ1v) is 8.54. The highest BCUT2D eigenvalue weighted by molar-refractivity contribution is 6.30. The Bertz CT molecular complexity index is 669. The van der Waals surface area contributed by atoms with Gasteiger partial charge in [0.1, 0.15) is 17.5 Å². The van der Waals surface area contributed by atoms with Crippen LogP contribution in [0.15, 0.2) is 24.4 Å². The van der Waals surface area contributed by atoms with Crippen molar-refractivity contribution in [3.8, 4) is 5.75 Å². The summed E-state index contributed by atoms with van der Waals surface area (Å²) < 4.78 is 11.4. The van der Waals surface area contributed by atoms with Crippen LogP contribution >= 0.6 is 11.6 Å². The van der Waals surface area contributed by atoms with Crippen molar-refractivity contribution in [1.82, 2.24) is 9.88 Å². The molecule has 0 unspecified atom stereocenters. The Hall–Kier alpha value is -1.36. The van der Waals surface area contributed by atoms with Gasteiger partial charge in [0, 0.05) is 31.2 Å². The average Bonchev–Trinajstić information content (AvgIpc) is 2.55. The van der Waals surface area contributed by atoms with E-state index in [2.05, 4.69) is 29.8 Å². The first kappa shape index (κ1) is 16.5. The summed E-state index contributed by atoms with van der Waals surface area (Å²) in [5.74, 6) is 1.31. The SMILES string of the molecule is CC(C)c1ccc(OCCN2CCOCC2)c2cnc(Cl)cc12. The van der Waals surface area contributed by atoms with E-state index in [0.29, 0.717) is 17.7 Å². The minimum Gasteiger partial charge on any atom is -0.492 e. The van der Waals surface area contributed by atoms with Crippen molar-refractivity contribution in [3.63, 3.8) is 0 Å². The summed E-state index contributed by atoms with van der Waals surface area (Å²) in [5, 5.41) is 2.68. The minimum absolute atomic E-state index is 0.429. The zero-order valence-corrected chi connectivity index (χ0v) is 14.5. The van der Waals surface area contributed by atoms with Crippen molar-refractivity contribution in [3.05, 3.63) is 35.1 Å². The molecule has 23 heavy (non-hydrogen) atoms. The second kappa shape index (κ2) is 7.47. The van der Waals surface area contributed by atoms with Crippen LogP contribution in [-0.2, 0) is 4.74 Å². The van der Waals surface area contributed by atoms with Gasteiger partial charge < -0.3 is 9.47 Å². The predicted octanol–water partition coefficient (Wildman–Crippen LogP) is 3.72. The van der Waals surface area contributed by atoms with Crippen LogP contribution in [0.3, 0.4) is 0 Å². The molecule has 0 spiro atoms. The molecule has 3 rings (SSSR count). The van der Waals surface area contributed by atoms with E-state index in [1.807, 2.05) is 18.3 Å². The molecule has 2 heterocycles. The third-order valence-electron chi connectivity index (χ3n) is 4.25. The molecule has 0 saturated carbocycles. The van der Waals surface area contributed by atoms with Crippen molar-refractivity contribution in [2.24, 2.45) is 0 Å². The molecule has 1 saturated heterocycles. The summed E-state index contributed by atoms with van der Waals surface area (Å²) in [7, 11) is 0. The van der Waals surface area contributed by atoms with Crippen LogP contribution < -0.4 is 4.74 Å². The molecule has 0 bridgehead atoms. The summed E-state index contributed by atoms with van der Waals surface area (Å²) in [6.45, 7) is 9.53. The van der Waals surface area contributed by atoms with Crippen LogP contribution in [0.1, 0.15) is 25.3 Å². The normalized spacial score (nSPS) is 16.2. The number of hydrogen-bond donors (Lipinski definition) is 0. The number of pyridine rings is 1. The number of ether oxygens (including phenoxy) is 2. The highest BCUT2D eigenvalue weighted by Gasteiger charge is 2.13. The molecule has 0 aliphatic carbocycles. The van der Waals surface area contributed by atoms with E-state index in [0.717, 1.165) is 49.4 Å². The lowest BCUT2D eigenvalue weighted by molar-refractivity contribution is 0.0323. The second-order valence-electron chi connectivity index (χ2n) is 6.16. The van der Waals surface area contributed by atoms with E-state index < -0.39 is 0 Å². The first-order chi connectivity index (χ1) is 11.1. The van der Waals surface area contributed by atoms with E-state index in [4.69, 9.17) is 21.1 Å². The van der Waals surface area contributed by atoms with Crippen molar-refractivity contribution in [2.45, 2.75) is 19.8 Å². The van der Waals surface area contributed by atoms with Crippen LogP contribution in [0.2, 0.25) is 5.15 Å². The van der Waals surface area contributed by atoms with Gasteiger partial charge in [-0.15, -0.1) is 0 Å². The minimum atomic E-state index is 0.429. The van der Waals surface area contributed by atoms with Crippen LogP contribution in [0.5, 0.6) is 5.75 Å². The van der Waals surface area contributed by atoms with Gasteiger partial charge in [-0.1, -0.05) is 31.5 Å². The zero-order valence-electron chi connectivity index (χ0n) is 13.7. The molecule has 1 fully saturated rings. The van der Waals surface area contributed by atoms with Gasteiger partial charge in [0.2, 0.25) is 0 Å². The number of halogens is 1. The van der Waals surface area contributed by atoms with Crippen molar-refractivity contribution < 1.29 is 9.47 Å². The van der Waals surface area contributed by atoms with Crippen molar-refractivity contribution >= 4 is 22.4 Å². The summed E-state index contributed by atoms with van der Waals surface area (Å²) in [6, 6.07) is 6.11. The molecule has 2 aromatic rings. The molecule has 1 aliphatic heterocycles. The number of nitrogens with zero attached hydrogens (tertiary/aromatic N) is 2. The predicted molar refractivity (Wildman–Crippen MR) is 93.6 cm³/mol. The third-order valence-corrected chi connectivity index (χ3v) is 4.46. The van der Waals surface area contributed by atoms with Crippen molar-refractivity contribution in [1.29, 1.82) is 0 Å². The first-order valence-electron chi connectivity index (χ1n) is 8.16. The maximum atomic E-state index is 6.08. The van der Waals surface area contributed by atoms with E-state index in [9.17, 15) is 0 Å². The number of benzene rings is 1. The Balaban J connectivity index is 1.76. The molecule has 0 atom stereocenters. The molecule has 0 N–H and O–H groups in total. The maximum absolute atomic E-state index is 6.08. The topological polar surface area (TPSA) is 34.6 Å². The molecule has 0 amide bonds. The number of morpholine rings is 1. The van der Waals surface area contributed by atoms with Gasteiger partial charge >= 0.3 is 0 Å². The van der Waals surface area contributed by atoms with Gasteiger partial charge in [-0.25, -0.2) is 4.98 Å². The Kier molecular flexibility index (Phi) is 5.36. The molecule has 1 aromatic heterocycles. The molecule has 0 radical (unpaired) electrons. The monoisotopic (exact) mass is 334 g/mol. The molecular formula is C18H23ClN2O2. The van der Waals surface area contributed by atoms with Gasteiger partial charge in [-0.3, -0.25) is 4.90 Å². The number of fused-ring (bicyclic) bond motifs is 1. The van der Waals surface area contributed by atoms with E-state index in [-0.39, 0.29) is 0 Å². The lowest BCUT2D eigenvalue weighted by Gasteiger charge is -2.26. The maximum Gasteiger partial charge on any atom is 0.129 e. The Morgan fingerprint density at radius 1 is 1.26 bits per heavy atom. The van der Waals surface area contributed by atoms with Gasteiger partial charge in [0.15, 0.2) is 0 Å². The molecule has 5 heteroatoms. The van der Waals surface area contributed by atoms with E-state index in [1.165, 1.54) is 5.56 Å². The zero-order chi connectivity index (χ0) is 16.2. The molecule has 1 aromatic carbocycles. The number of rotatable bonds is 5. The second-order valence-corrected chi connectivity index (χ2v) is 6.55. The fourth-order valence-corrected chi connectivity index (χ4v) is 3.11. The molecule has 4 nitrogen and oxygen atoms in total. The molecule has 124 valence electrons. The quantitative estimate of drug-likeness (QED) is 0.780. The van der Waals surface area contributed by atoms with Gasteiger partial charge in [0.05, 0.1) is 13.2 Å². The van der Waals surface area contributed by atoms with Gasteiger partial charge in [-0.2, -0.15) is 0 Å². The fourth-order valence-electron chi connectivity index (χ4n) is 2.95. The summed E-state index contributed by atoms with van der Waals surface area (Å²) in [4.78, 5) is 6.59. The van der Waals surface area contributed by atoms with Crippen molar-refractivity contribution in [2.75, 3.05) is 39.5 Å². The summed E-state index contributed by atoms with van der Waals surface area (Å²) in [6.07, 6.45) is 1.81. The lowest BCUT2D eigenvalue weighted by atomic mass is 9.97. The van der Waals surface area contributed by atoms with Gasteiger partial charge in [0.25, 0.3) is 0 Å². The van der Waals surface area contributed by atoms with Gasteiger partial charge in [-0.05, 0) is 29.0 Å². The third kappa shape index (κ3) is 3.94. The Labute approximate surface area is 142 Å². The van der Waals surface area contributed by atoms with E-state index in [1.54, 1.807) is 0 Å².